The van der Waals surface area contributed by atoms with E-state index in [9.17, 15) is 4.79 Å². The van der Waals surface area contributed by atoms with Gasteiger partial charge in [-0.05, 0) is 49.7 Å². The molecule has 0 radical (unpaired) electrons. The number of halogens is 2. The molecule has 0 atom stereocenters. The monoisotopic (exact) mass is 451 g/mol. The van der Waals surface area contributed by atoms with E-state index in [4.69, 9.17) is 20.8 Å². The van der Waals surface area contributed by atoms with Crippen LogP contribution in [-0.2, 0) is 13.2 Å². The molecule has 1 aromatic carbocycles. The van der Waals surface area contributed by atoms with Gasteiger partial charge in [0.1, 0.15) is 18.1 Å². The van der Waals surface area contributed by atoms with Gasteiger partial charge in [0.2, 0.25) is 0 Å². The van der Waals surface area contributed by atoms with E-state index < -0.39 is 0 Å². The molecule has 0 aliphatic rings. The van der Waals surface area contributed by atoms with E-state index in [1.165, 1.54) is 0 Å². The van der Waals surface area contributed by atoms with Crippen molar-refractivity contribution >= 4 is 33.4 Å². The minimum absolute atomic E-state index is 0.188. The summed E-state index contributed by atoms with van der Waals surface area (Å²) in [7, 11) is 0. The summed E-state index contributed by atoms with van der Waals surface area (Å²) in [5.41, 5.74) is 1.10. The first-order valence-electron chi connectivity index (χ1n) is 8.46. The summed E-state index contributed by atoms with van der Waals surface area (Å²) in [5, 5.41) is 7.55. The van der Waals surface area contributed by atoms with Crippen molar-refractivity contribution in [2.75, 3.05) is 6.54 Å². The van der Waals surface area contributed by atoms with Crippen molar-refractivity contribution in [3.05, 3.63) is 69.3 Å². The molecule has 6 nitrogen and oxygen atoms in total. The van der Waals surface area contributed by atoms with Gasteiger partial charge in [0.05, 0.1) is 5.02 Å². The predicted molar refractivity (Wildman–Crippen MR) is 106 cm³/mol. The number of rotatable bonds is 8. The van der Waals surface area contributed by atoms with E-state index in [1.54, 1.807) is 30.5 Å². The number of carbonyl (C=O) groups is 1. The van der Waals surface area contributed by atoms with Crippen LogP contribution in [0.1, 0.15) is 28.4 Å². The Bertz CT molecular complexity index is 923. The van der Waals surface area contributed by atoms with Crippen molar-refractivity contribution in [3.63, 3.8) is 0 Å². The third kappa shape index (κ3) is 5.37. The normalized spacial score (nSPS) is 10.8. The third-order valence-corrected chi connectivity index (χ3v) is 4.70. The highest BCUT2D eigenvalue weighted by molar-refractivity contribution is 9.10. The van der Waals surface area contributed by atoms with Gasteiger partial charge in [-0.2, -0.15) is 5.10 Å². The quantitative estimate of drug-likeness (QED) is 0.507. The molecular weight excluding hydrogens is 434 g/mol. The molecule has 0 unspecified atom stereocenters. The number of benzene rings is 1. The van der Waals surface area contributed by atoms with Crippen LogP contribution < -0.4 is 10.1 Å². The minimum atomic E-state index is -0.250. The molecule has 3 aromatic rings. The highest BCUT2D eigenvalue weighted by Crippen LogP contribution is 2.28. The molecule has 8 heteroatoms. The second-order valence-corrected chi connectivity index (χ2v) is 7.26. The Labute approximate surface area is 170 Å². The molecule has 0 aliphatic heterocycles. The van der Waals surface area contributed by atoms with E-state index in [0.717, 1.165) is 23.1 Å². The molecule has 1 amide bonds. The number of aromatic nitrogens is 2. The number of carbonyl (C=O) groups excluding carboxylic acids is 1. The third-order valence-electron chi connectivity index (χ3n) is 3.91. The molecule has 0 spiro atoms. The molecule has 3 rings (SSSR count). The van der Waals surface area contributed by atoms with Crippen molar-refractivity contribution < 1.29 is 13.9 Å². The number of hydrogen-bond donors (Lipinski definition) is 1. The van der Waals surface area contributed by atoms with Crippen LogP contribution in [0.15, 0.2) is 51.5 Å². The highest BCUT2D eigenvalue weighted by atomic mass is 79.9. The van der Waals surface area contributed by atoms with Gasteiger partial charge >= 0.3 is 0 Å². The molecule has 142 valence electrons. The topological polar surface area (TPSA) is 69.3 Å². The summed E-state index contributed by atoms with van der Waals surface area (Å²) in [6.07, 6.45) is 2.55. The van der Waals surface area contributed by atoms with E-state index in [1.807, 2.05) is 23.7 Å². The summed E-state index contributed by atoms with van der Waals surface area (Å²) in [6, 6.07) is 10.7. The fourth-order valence-electron chi connectivity index (χ4n) is 2.47. The van der Waals surface area contributed by atoms with Crippen LogP contribution in [0.4, 0.5) is 0 Å². The first-order valence-corrected chi connectivity index (χ1v) is 9.63. The summed E-state index contributed by atoms with van der Waals surface area (Å²) < 4.78 is 14.0. The molecule has 2 heterocycles. The molecule has 0 bridgehead atoms. The SMILES string of the molecule is Cc1ccnn1CCCNC(=O)c1ccc(COc2ccc(Br)cc2Cl)o1. The lowest BCUT2D eigenvalue weighted by atomic mass is 10.3. The standard InChI is InChI=1S/C19H19BrClN3O3/c1-13-7-9-23-24(13)10-2-8-22-19(25)18-6-4-15(27-18)12-26-17-5-3-14(20)11-16(17)21/h3-7,9,11H,2,8,10,12H2,1H3,(H,22,25). The number of furan rings is 1. The molecule has 2 aromatic heterocycles. The van der Waals surface area contributed by atoms with Crippen LogP contribution in [0, 0.1) is 6.92 Å². The number of nitrogens with zero attached hydrogens (tertiary/aromatic N) is 2. The fourth-order valence-corrected chi connectivity index (χ4v) is 3.20. The number of amides is 1. The van der Waals surface area contributed by atoms with Crippen LogP contribution in [-0.4, -0.2) is 22.2 Å². The average Bonchev–Trinajstić information content (AvgIpc) is 3.27. The Morgan fingerprint density at radius 3 is 2.93 bits per heavy atom. The lowest BCUT2D eigenvalue weighted by molar-refractivity contribution is 0.0921. The zero-order valence-electron chi connectivity index (χ0n) is 14.7. The van der Waals surface area contributed by atoms with Gasteiger partial charge in [-0.15, -0.1) is 0 Å². The van der Waals surface area contributed by atoms with Gasteiger partial charge < -0.3 is 14.5 Å². The number of hydrogen-bond acceptors (Lipinski definition) is 4. The smallest absolute Gasteiger partial charge is 0.286 e. The molecule has 27 heavy (non-hydrogen) atoms. The fraction of sp³-hybridized carbons (Fsp3) is 0.263. The molecule has 0 saturated carbocycles. The molecular formula is C19H19BrClN3O3. The lowest BCUT2D eigenvalue weighted by Crippen LogP contribution is -2.25. The summed E-state index contributed by atoms with van der Waals surface area (Å²) in [6.45, 7) is 3.48. The van der Waals surface area contributed by atoms with Gasteiger partial charge in [0.25, 0.3) is 5.91 Å². The number of aryl methyl sites for hydroxylation is 2. The van der Waals surface area contributed by atoms with E-state index >= 15 is 0 Å². The maximum atomic E-state index is 12.2. The Morgan fingerprint density at radius 2 is 2.19 bits per heavy atom. The number of ether oxygens (including phenoxy) is 1. The summed E-state index contributed by atoms with van der Waals surface area (Å²) in [4.78, 5) is 12.2. The Kier molecular flexibility index (Phi) is 6.58. The Morgan fingerprint density at radius 1 is 1.33 bits per heavy atom. The van der Waals surface area contributed by atoms with Gasteiger partial charge in [0.15, 0.2) is 5.76 Å². The first kappa shape index (κ1) is 19.5. The van der Waals surface area contributed by atoms with E-state index in [2.05, 4.69) is 26.3 Å². The van der Waals surface area contributed by atoms with Gasteiger partial charge in [-0.1, -0.05) is 27.5 Å². The Hall–Kier alpha value is -2.25. The molecule has 0 saturated heterocycles. The second-order valence-electron chi connectivity index (χ2n) is 5.93. The minimum Gasteiger partial charge on any atom is -0.484 e. The van der Waals surface area contributed by atoms with E-state index in [-0.39, 0.29) is 18.3 Å². The van der Waals surface area contributed by atoms with Crippen LogP contribution in [0.5, 0.6) is 5.75 Å². The van der Waals surface area contributed by atoms with E-state index in [0.29, 0.717) is 23.1 Å². The lowest BCUT2D eigenvalue weighted by Gasteiger charge is -2.07. The zero-order chi connectivity index (χ0) is 19.2. The average molecular weight is 453 g/mol. The maximum absolute atomic E-state index is 12.2. The molecule has 0 aliphatic carbocycles. The van der Waals surface area contributed by atoms with Crippen molar-refractivity contribution in [1.82, 2.24) is 15.1 Å². The highest BCUT2D eigenvalue weighted by Gasteiger charge is 2.12. The van der Waals surface area contributed by atoms with Gasteiger partial charge in [-0.25, -0.2) is 0 Å². The van der Waals surface area contributed by atoms with Crippen LogP contribution in [0.2, 0.25) is 5.02 Å². The predicted octanol–water partition coefficient (Wildman–Crippen LogP) is 4.60. The largest absolute Gasteiger partial charge is 0.484 e. The first-order chi connectivity index (χ1) is 13.0. The van der Waals surface area contributed by atoms with Gasteiger partial charge in [0, 0.05) is 29.5 Å². The van der Waals surface area contributed by atoms with Crippen molar-refractivity contribution in [2.24, 2.45) is 0 Å². The Balaban J connectivity index is 1.45. The molecule has 0 fully saturated rings. The second kappa shape index (κ2) is 9.10. The zero-order valence-corrected chi connectivity index (χ0v) is 17.1. The van der Waals surface area contributed by atoms with Crippen LogP contribution in [0.3, 0.4) is 0 Å². The number of nitrogens with one attached hydrogen (secondary N) is 1. The van der Waals surface area contributed by atoms with Crippen molar-refractivity contribution in [3.8, 4) is 5.75 Å². The van der Waals surface area contributed by atoms with Crippen molar-refractivity contribution in [2.45, 2.75) is 26.5 Å². The van der Waals surface area contributed by atoms with Crippen molar-refractivity contribution in [1.29, 1.82) is 0 Å². The maximum Gasteiger partial charge on any atom is 0.286 e. The van der Waals surface area contributed by atoms with Crippen LogP contribution >= 0.6 is 27.5 Å². The van der Waals surface area contributed by atoms with Crippen LogP contribution in [0.25, 0.3) is 0 Å². The summed E-state index contributed by atoms with van der Waals surface area (Å²) >= 11 is 9.46. The van der Waals surface area contributed by atoms with Gasteiger partial charge in [-0.3, -0.25) is 9.48 Å². The summed E-state index contributed by atoms with van der Waals surface area (Å²) in [5.74, 6) is 1.10. The molecule has 1 N–H and O–H groups in total.